The number of rotatable bonds is 8. The van der Waals surface area contributed by atoms with Gasteiger partial charge in [0.2, 0.25) is 0 Å². The zero-order valence-electron chi connectivity index (χ0n) is 11.4. The van der Waals surface area contributed by atoms with E-state index in [4.69, 9.17) is 0 Å². The molecule has 0 saturated heterocycles. The van der Waals surface area contributed by atoms with E-state index in [1.165, 1.54) is 12.8 Å². The zero-order chi connectivity index (χ0) is 13.4. The van der Waals surface area contributed by atoms with Gasteiger partial charge in [-0.1, -0.05) is 50.3 Å². The Balaban J connectivity index is 2.33. The second kappa shape index (κ2) is 8.44. The number of hydrogen-bond acceptors (Lipinski definition) is 2. The van der Waals surface area contributed by atoms with Crippen LogP contribution in [-0.4, -0.2) is 21.2 Å². The van der Waals surface area contributed by atoms with Crippen LogP contribution in [0.4, 0.5) is 0 Å². The van der Waals surface area contributed by atoms with E-state index in [0.717, 1.165) is 29.7 Å². The molecule has 1 N–H and O–H groups in total. The van der Waals surface area contributed by atoms with Gasteiger partial charge in [0.15, 0.2) is 0 Å². The van der Waals surface area contributed by atoms with Crippen LogP contribution >= 0.6 is 0 Å². The molecule has 0 saturated carbocycles. The van der Waals surface area contributed by atoms with Gasteiger partial charge in [-0.25, -0.2) is 0 Å². The van der Waals surface area contributed by atoms with E-state index in [-0.39, 0.29) is 0 Å². The van der Waals surface area contributed by atoms with Crippen LogP contribution < -0.4 is 0 Å². The average molecular weight is 268 g/mol. The monoisotopic (exact) mass is 268 g/mol. The smallest absolute Gasteiger partial charge is 0.0659 e. The molecule has 2 nitrogen and oxygen atoms in total. The number of unbranched alkanes of at least 4 members (excludes halogenated alkanes) is 3. The fourth-order valence-electron chi connectivity index (χ4n) is 1.85. The molecule has 0 heterocycles. The molecule has 0 aliphatic rings. The Morgan fingerprint density at radius 3 is 2.44 bits per heavy atom. The van der Waals surface area contributed by atoms with Gasteiger partial charge in [0, 0.05) is 4.90 Å². The molecule has 0 fully saturated rings. The van der Waals surface area contributed by atoms with Crippen molar-refractivity contribution in [3.63, 3.8) is 0 Å². The van der Waals surface area contributed by atoms with Crippen LogP contribution in [0.3, 0.4) is 0 Å². The van der Waals surface area contributed by atoms with Crippen molar-refractivity contribution in [1.82, 2.24) is 0 Å². The van der Waals surface area contributed by atoms with E-state index in [2.05, 4.69) is 6.92 Å². The second-order valence-corrected chi connectivity index (χ2v) is 6.32. The molecular weight excluding hydrogens is 244 g/mol. The zero-order valence-corrected chi connectivity index (χ0v) is 12.2. The SMILES string of the molecule is CCCCCC[C@@H](O)C[S@@](=O)c1ccc(C)cc1. The van der Waals surface area contributed by atoms with Crippen LogP contribution in [0.1, 0.15) is 44.6 Å². The number of aliphatic hydroxyl groups excluding tert-OH is 1. The van der Waals surface area contributed by atoms with Gasteiger partial charge in [0.05, 0.1) is 22.7 Å². The van der Waals surface area contributed by atoms with Crippen molar-refractivity contribution in [2.45, 2.75) is 57.0 Å². The second-order valence-electron chi connectivity index (χ2n) is 4.83. The van der Waals surface area contributed by atoms with Crippen molar-refractivity contribution in [3.8, 4) is 0 Å². The Morgan fingerprint density at radius 2 is 1.83 bits per heavy atom. The Morgan fingerprint density at radius 1 is 1.17 bits per heavy atom. The summed E-state index contributed by atoms with van der Waals surface area (Å²) in [4.78, 5) is 0.813. The maximum absolute atomic E-state index is 12.0. The Hall–Kier alpha value is -0.670. The van der Waals surface area contributed by atoms with E-state index >= 15 is 0 Å². The fourth-order valence-corrected chi connectivity index (χ4v) is 3.00. The largest absolute Gasteiger partial charge is 0.392 e. The standard InChI is InChI=1S/C15H24O2S/c1-3-4-5-6-7-14(16)12-18(17)15-10-8-13(2)9-11-15/h8-11,14,16H,3-7,12H2,1-2H3/t14-,18-/m1/s1. The van der Waals surface area contributed by atoms with Crippen LogP contribution in [0, 0.1) is 6.92 Å². The van der Waals surface area contributed by atoms with Gasteiger partial charge in [-0.15, -0.1) is 0 Å². The van der Waals surface area contributed by atoms with Crippen molar-refractivity contribution in [2.24, 2.45) is 0 Å². The number of aryl methyl sites for hydroxylation is 1. The van der Waals surface area contributed by atoms with Gasteiger partial charge in [-0.3, -0.25) is 4.21 Å². The first-order valence-electron chi connectivity index (χ1n) is 6.76. The van der Waals surface area contributed by atoms with E-state index in [1.54, 1.807) is 0 Å². The molecule has 0 unspecified atom stereocenters. The summed E-state index contributed by atoms with van der Waals surface area (Å²) in [6, 6.07) is 7.69. The lowest BCUT2D eigenvalue weighted by atomic mass is 10.1. The first-order chi connectivity index (χ1) is 8.63. The molecular formula is C15H24O2S. The quantitative estimate of drug-likeness (QED) is 0.733. The van der Waals surface area contributed by atoms with E-state index in [0.29, 0.717) is 5.75 Å². The summed E-state index contributed by atoms with van der Waals surface area (Å²) in [5, 5.41) is 9.84. The van der Waals surface area contributed by atoms with Gasteiger partial charge in [0.25, 0.3) is 0 Å². The van der Waals surface area contributed by atoms with Crippen LogP contribution in [0.2, 0.25) is 0 Å². The topological polar surface area (TPSA) is 37.3 Å². The molecule has 0 radical (unpaired) electrons. The van der Waals surface area contributed by atoms with Gasteiger partial charge >= 0.3 is 0 Å². The molecule has 0 aliphatic heterocycles. The lowest BCUT2D eigenvalue weighted by Gasteiger charge is -2.10. The van der Waals surface area contributed by atoms with Gasteiger partial charge in [0.1, 0.15) is 0 Å². The van der Waals surface area contributed by atoms with Crippen molar-refractivity contribution < 1.29 is 9.32 Å². The third-order valence-corrected chi connectivity index (χ3v) is 4.50. The van der Waals surface area contributed by atoms with Crippen molar-refractivity contribution >= 4 is 10.8 Å². The van der Waals surface area contributed by atoms with Crippen LogP contribution in [0.5, 0.6) is 0 Å². The Labute approximate surface area is 113 Å². The van der Waals surface area contributed by atoms with Gasteiger partial charge in [-0.05, 0) is 25.5 Å². The maximum Gasteiger partial charge on any atom is 0.0659 e. The third kappa shape index (κ3) is 5.78. The normalized spacial score (nSPS) is 14.4. The van der Waals surface area contributed by atoms with Crippen molar-refractivity contribution in [1.29, 1.82) is 0 Å². The van der Waals surface area contributed by atoms with Crippen LogP contribution in [0.15, 0.2) is 29.2 Å². The minimum absolute atomic E-state index is 0.356. The first-order valence-corrected chi connectivity index (χ1v) is 8.08. The molecule has 102 valence electrons. The molecule has 0 amide bonds. The fraction of sp³-hybridized carbons (Fsp3) is 0.600. The number of benzene rings is 1. The van der Waals surface area contributed by atoms with E-state index < -0.39 is 16.9 Å². The molecule has 1 rings (SSSR count). The third-order valence-electron chi connectivity index (χ3n) is 3.02. The highest BCUT2D eigenvalue weighted by molar-refractivity contribution is 7.85. The predicted molar refractivity (Wildman–Crippen MR) is 77.2 cm³/mol. The highest BCUT2D eigenvalue weighted by Gasteiger charge is 2.10. The molecule has 1 aromatic rings. The van der Waals surface area contributed by atoms with Gasteiger partial charge in [-0.2, -0.15) is 0 Å². The summed E-state index contributed by atoms with van der Waals surface area (Å²) in [7, 11) is -1.08. The molecule has 3 heteroatoms. The van der Waals surface area contributed by atoms with Crippen molar-refractivity contribution in [3.05, 3.63) is 29.8 Å². The summed E-state index contributed by atoms with van der Waals surface area (Å²) < 4.78 is 12.0. The predicted octanol–water partition coefficient (Wildman–Crippen LogP) is 3.43. The molecule has 0 spiro atoms. The summed E-state index contributed by atoms with van der Waals surface area (Å²) in [5.74, 6) is 0.356. The maximum atomic E-state index is 12.0. The highest BCUT2D eigenvalue weighted by Crippen LogP contribution is 2.12. The van der Waals surface area contributed by atoms with Gasteiger partial charge < -0.3 is 5.11 Å². The van der Waals surface area contributed by atoms with Crippen LogP contribution in [0.25, 0.3) is 0 Å². The number of aliphatic hydroxyl groups is 1. The number of hydrogen-bond donors (Lipinski definition) is 1. The summed E-state index contributed by atoms with van der Waals surface area (Å²) in [6.07, 6.45) is 4.92. The minimum Gasteiger partial charge on any atom is -0.392 e. The summed E-state index contributed by atoms with van der Waals surface area (Å²) in [5.41, 5.74) is 1.16. The molecule has 2 atom stereocenters. The lowest BCUT2D eigenvalue weighted by molar-refractivity contribution is 0.184. The average Bonchev–Trinajstić information content (AvgIpc) is 2.35. The lowest BCUT2D eigenvalue weighted by Crippen LogP contribution is -2.16. The van der Waals surface area contributed by atoms with Crippen LogP contribution in [-0.2, 0) is 10.8 Å². The Kier molecular flexibility index (Phi) is 7.21. The molecule has 0 bridgehead atoms. The molecule has 18 heavy (non-hydrogen) atoms. The summed E-state index contributed by atoms with van der Waals surface area (Å²) >= 11 is 0. The van der Waals surface area contributed by atoms with Crippen molar-refractivity contribution in [2.75, 3.05) is 5.75 Å². The summed E-state index contributed by atoms with van der Waals surface area (Å²) in [6.45, 7) is 4.18. The van der Waals surface area contributed by atoms with E-state index in [9.17, 15) is 9.32 Å². The minimum atomic E-state index is -1.08. The highest BCUT2D eigenvalue weighted by atomic mass is 32.2. The molecule has 0 aromatic heterocycles. The molecule has 0 aliphatic carbocycles. The first kappa shape index (κ1) is 15.4. The Bertz CT molecular complexity index is 359. The van der Waals surface area contributed by atoms with E-state index in [1.807, 2.05) is 31.2 Å². The molecule has 1 aromatic carbocycles.